The number of nitrogens with zero attached hydrogens (tertiary/aromatic N) is 1. The van der Waals surface area contributed by atoms with E-state index >= 15 is 0 Å². The number of rotatable bonds is 6. The van der Waals surface area contributed by atoms with Gasteiger partial charge < -0.3 is 0 Å². The van der Waals surface area contributed by atoms with Gasteiger partial charge in [0, 0.05) is 22.7 Å². The zero-order valence-corrected chi connectivity index (χ0v) is 11.1. The summed E-state index contributed by atoms with van der Waals surface area (Å²) in [7, 11) is 0. The van der Waals surface area contributed by atoms with E-state index < -0.39 is 0 Å². The molecule has 0 saturated heterocycles. The van der Waals surface area contributed by atoms with Gasteiger partial charge in [-0.3, -0.25) is 9.69 Å². The summed E-state index contributed by atoms with van der Waals surface area (Å²) in [6.45, 7) is 10.5. The Bertz CT molecular complexity index is 393. The first kappa shape index (κ1) is 13.9. The predicted octanol–water partition coefficient (Wildman–Crippen LogP) is 3.42. The third kappa shape index (κ3) is 3.99. The third-order valence-corrected chi connectivity index (χ3v) is 2.99. The smallest absolute Gasteiger partial charge is 0.189 e. The van der Waals surface area contributed by atoms with Crippen LogP contribution >= 0.6 is 11.6 Å². The second kappa shape index (κ2) is 6.58. The van der Waals surface area contributed by atoms with Gasteiger partial charge in [-0.15, -0.1) is 0 Å². The summed E-state index contributed by atoms with van der Waals surface area (Å²) >= 11 is 5.78. The third-order valence-electron chi connectivity index (χ3n) is 2.74. The van der Waals surface area contributed by atoms with Gasteiger partial charge in [0.2, 0.25) is 0 Å². The number of Topliss-reactive ketones (excluding diaryl/α,β-unsaturated/α-hetero) is 1. The molecule has 1 aromatic rings. The summed E-state index contributed by atoms with van der Waals surface area (Å²) in [6.07, 6.45) is 0. The van der Waals surface area contributed by atoms with Crippen molar-refractivity contribution in [2.24, 2.45) is 0 Å². The molecule has 0 heterocycles. The summed E-state index contributed by atoms with van der Waals surface area (Å²) in [5, 5.41) is 0.635. The van der Waals surface area contributed by atoms with E-state index in [0.717, 1.165) is 13.1 Å². The largest absolute Gasteiger partial charge is 0.300 e. The van der Waals surface area contributed by atoms with Crippen molar-refractivity contribution in [3.63, 3.8) is 0 Å². The minimum Gasteiger partial charge on any atom is -0.300 e. The molecule has 2 nitrogen and oxygen atoms in total. The van der Waals surface area contributed by atoms with Crippen molar-refractivity contribution in [3.8, 4) is 0 Å². The van der Waals surface area contributed by atoms with E-state index in [9.17, 15) is 4.79 Å². The Morgan fingerprint density at radius 2 is 1.76 bits per heavy atom. The van der Waals surface area contributed by atoms with Gasteiger partial charge in [0.1, 0.15) is 0 Å². The fourth-order valence-corrected chi connectivity index (χ4v) is 1.72. The summed E-state index contributed by atoms with van der Waals surface area (Å²) in [5.41, 5.74) is 1.27. The van der Waals surface area contributed by atoms with Gasteiger partial charge in [0.05, 0.1) is 0 Å². The second-order valence-electron chi connectivity index (χ2n) is 3.90. The number of ketones is 1. The maximum Gasteiger partial charge on any atom is 0.189 e. The van der Waals surface area contributed by atoms with Gasteiger partial charge in [0.25, 0.3) is 0 Å². The Morgan fingerprint density at radius 3 is 2.24 bits per heavy atom. The monoisotopic (exact) mass is 251 g/mol. The lowest BCUT2D eigenvalue weighted by Gasteiger charge is -2.18. The van der Waals surface area contributed by atoms with Gasteiger partial charge in [-0.1, -0.05) is 32.0 Å². The highest BCUT2D eigenvalue weighted by Gasteiger charge is 2.12. The maximum atomic E-state index is 12.1. The average molecular weight is 252 g/mol. The van der Waals surface area contributed by atoms with Gasteiger partial charge in [-0.2, -0.15) is 0 Å². The van der Waals surface area contributed by atoms with Crippen LogP contribution in [0, 0.1) is 0 Å². The molecule has 0 aromatic heterocycles. The highest BCUT2D eigenvalue weighted by Crippen LogP contribution is 2.13. The van der Waals surface area contributed by atoms with E-state index in [1.54, 1.807) is 24.3 Å². The molecule has 0 spiro atoms. The number of carbonyl (C=O) groups excluding carboxylic acids is 1. The van der Waals surface area contributed by atoms with Gasteiger partial charge in [0.15, 0.2) is 5.78 Å². The molecule has 0 unspecified atom stereocenters. The lowest BCUT2D eigenvalue weighted by molar-refractivity contribution is 0.102. The number of hydrogen-bond donors (Lipinski definition) is 0. The molecule has 3 heteroatoms. The average Bonchev–Trinajstić information content (AvgIpc) is 2.35. The van der Waals surface area contributed by atoms with E-state index in [1.807, 2.05) is 0 Å². The first-order valence-corrected chi connectivity index (χ1v) is 6.16. The van der Waals surface area contributed by atoms with Crippen LogP contribution in [0.2, 0.25) is 5.02 Å². The van der Waals surface area contributed by atoms with Crippen LogP contribution in [0.4, 0.5) is 0 Å². The first-order chi connectivity index (χ1) is 8.08. The SMILES string of the molecule is C=C(CN(CC)CC)C(=O)c1ccc(Cl)cc1. The molecule has 0 aliphatic rings. The van der Waals surface area contributed by atoms with Crippen LogP contribution in [0.15, 0.2) is 36.4 Å². The van der Waals surface area contributed by atoms with Crippen molar-refractivity contribution < 1.29 is 4.79 Å². The van der Waals surface area contributed by atoms with Crippen LogP contribution < -0.4 is 0 Å². The van der Waals surface area contributed by atoms with Crippen LogP contribution in [-0.2, 0) is 0 Å². The molecule has 0 saturated carbocycles. The molecule has 0 atom stereocenters. The van der Waals surface area contributed by atoms with Crippen molar-refractivity contribution in [1.82, 2.24) is 4.90 Å². The van der Waals surface area contributed by atoms with Crippen LogP contribution in [0.1, 0.15) is 24.2 Å². The lowest BCUT2D eigenvalue weighted by atomic mass is 10.0. The molecule has 0 N–H and O–H groups in total. The predicted molar refractivity (Wildman–Crippen MR) is 72.7 cm³/mol. The quantitative estimate of drug-likeness (QED) is 0.570. The summed E-state index contributed by atoms with van der Waals surface area (Å²) in [5.74, 6) is -0.00596. The fraction of sp³-hybridized carbons (Fsp3) is 0.357. The number of benzene rings is 1. The first-order valence-electron chi connectivity index (χ1n) is 5.78. The minimum atomic E-state index is -0.00596. The van der Waals surface area contributed by atoms with E-state index in [-0.39, 0.29) is 5.78 Å². The molecule has 0 fully saturated rings. The number of halogens is 1. The summed E-state index contributed by atoms with van der Waals surface area (Å²) < 4.78 is 0. The second-order valence-corrected chi connectivity index (χ2v) is 4.34. The van der Waals surface area contributed by atoms with E-state index in [2.05, 4.69) is 25.3 Å². The van der Waals surface area contributed by atoms with Gasteiger partial charge in [-0.25, -0.2) is 0 Å². The molecule has 17 heavy (non-hydrogen) atoms. The normalized spacial score (nSPS) is 10.6. The Morgan fingerprint density at radius 1 is 1.24 bits per heavy atom. The summed E-state index contributed by atoms with van der Waals surface area (Å²) in [6, 6.07) is 6.91. The maximum absolute atomic E-state index is 12.1. The molecular weight excluding hydrogens is 234 g/mol. The number of likely N-dealkylation sites (N-methyl/N-ethyl adjacent to an activating group) is 1. The molecule has 0 bridgehead atoms. The van der Waals surface area contributed by atoms with Gasteiger partial charge >= 0.3 is 0 Å². The van der Waals surface area contributed by atoms with Crippen molar-refractivity contribution >= 4 is 17.4 Å². The fourth-order valence-electron chi connectivity index (χ4n) is 1.59. The van der Waals surface area contributed by atoms with Crippen molar-refractivity contribution in [1.29, 1.82) is 0 Å². The minimum absolute atomic E-state index is 0.00596. The Kier molecular flexibility index (Phi) is 5.39. The molecule has 92 valence electrons. The molecule has 0 amide bonds. The van der Waals surface area contributed by atoms with Crippen molar-refractivity contribution in [3.05, 3.63) is 47.0 Å². The summed E-state index contributed by atoms with van der Waals surface area (Å²) in [4.78, 5) is 14.2. The highest BCUT2D eigenvalue weighted by atomic mass is 35.5. The molecule has 1 aromatic carbocycles. The topological polar surface area (TPSA) is 20.3 Å². The molecule has 1 rings (SSSR count). The highest BCUT2D eigenvalue weighted by molar-refractivity contribution is 6.30. The molecule has 0 aliphatic carbocycles. The standard InChI is InChI=1S/C14H18ClNO/c1-4-16(5-2)10-11(3)14(17)12-6-8-13(15)9-7-12/h6-9H,3-5,10H2,1-2H3. The van der Waals surface area contributed by atoms with Crippen LogP contribution in [0.5, 0.6) is 0 Å². The molecule has 0 radical (unpaired) electrons. The Balaban J connectivity index is 2.70. The Hall–Kier alpha value is -1.12. The zero-order chi connectivity index (χ0) is 12.8. The Labute approximate surface area is 108 Å². The van der Waals surface area contributed by atoms with E-state index in [1.165, 1.54) is 0 Å². The van der Waals surface area contributed by atoms with Gasteiger partial charge in [-0.05, 0) is 37.4 Å². The van der Waals surface area contributed by atoms with Crippen LogP contribution in [0.3, 0.4) is 0 Å². The van der Waals surface area contributed by atoms with E-state index in [4.69, 9.17) is 11.6 Å². The van der Waals surface area contributed by atoms with E-state index in [0.29, 0.717) is 22.7 Å². The number of hydrogen-bond acceptors (Lipinski definition) is 2. The van der Waals surface area contributed by atoms with Crippen LogP contribution in [-0.4, -0.2) is 30.3 Å². The molecular formula is C14H18ClNO. The van der Waals surface area contributed by atoms with Crippen LogP contribution in [0.25, 0.3) is 0 Å². The van der Waals surface area contributed by atoms with Crippen molar-refractivity contribution in [2.45, 2.75) is 13.8 Å². The lowest BCUT2D eigenvalue weighted by Crippen LogP contribution is -2.27. The number of carbonyl (C=O) groups is 1. The molecule has 0 aliphatic heterocycles. The zero-order valence-electron chi connectivity index (χ0n) is 10.4. The van der Waals surface area contributed by atoms with Crippen molar-refractivity contribution in [2.75, 3.05) is 19.6 Å².